The summed E-state index contributed by atoms with van der Waals surface area (Å²) in [6.07, 6.45) is 1.26. The second-order valence-electron chi connectivity index (χ2n) is 5.92. The minimum Gasteiger partial charge on any atom is -0.378 e. The Morgan fingerprint density at radius 2 is 2.04 bits per heavy atom. The summed E-state index contributed by atoms with van der Waals surface area (Å²) in [5.74, 6) is 1.35. The first-order chi connectivity index (χ1) is 11.1. The summed E-state index contributed by atoms with van der Waals surface area (Å²) in [5.41, 5.74) is 2.00. The third kappa shape index (κ3) is 7.98. The van der Waals surface area contributed by atoms with Gasteiger partial charge in [0.2, 0.25) is 0 Å². The summed E-state index contributed by atoms with van der Waals surface area (Å²) in [6.45, 7) is 13.5. The Hall–Kier alpha value is -1.62. The Bertz CT molecular complexity index is 474. The van der Waals surface area contributed by atoms with Gasteiger partial charge < -0.3 is 15.4 Å². The first-order valence-electron chi connectivity index (χ1n) is 8.63. The van der Waals surface area contributed by atoms with Crippen molar-refractivity contribution in [2.75, 3.05) is 19.7 Å². The van der Waals surface area contributed by atoms with Crippen molar-refractivity contribution in [2.45, 2.75) is 53.7 Å². The first kappa shape index (κ1) is 19.4. The van der Waals surface area contributed by atoms with E-state index in [0.717, 1.165) is 43.5 Å². The van der Waals surface area contributed by atoms with E-state index < -0.39 is 0 Å². The molecule has 0 radical (unpaired) electrons. The summed E-state index contributed by atoms with van der Waals surface area (Å²) < 4.78 is 5.78. The van der Waals surface area contributed by atoms with E-state index in [9.17, 15) is 0 Å². The monoisotopic (exact) mass is 320 g/mol. The topological polar surface area (TPSA) is 58.5 Å². The van der Waals surface area contributed by atoms with Gasteiger partial charge in [-0.05, 0) is 45.2 Å². The van der Waals surface area contributed by atoms with Crippen LogP contribution in [0.5, 0.6) is 0 Å². The molecule has 5 nitrogen and oxygen atoms in total. The number of ether oxygens (including phenoxy) is 1. The van der Waals surface area contributed by atoms with Crippen molar-refractivity contribution in [3.63, 3.8) is 0 Å². The zero-order valence-electron chi connectivity index (χ0n) is 15.2. The van der Waals surface area contributed by atoms with Crippen LogP contribution in [0.25, 0.3) is 0 Å². The lowest BCUT2D eigenvalue weighted by Crippen LogP contribution is -2.39. The molecule has 0 amide bonds. The van der Waals surface area contributed by atoms with Gasteiger partial charge in [-0.25, -0.2) is 4.99 Å². The molecule has 1 aromatic rings. The highest BCUT2D eigenvalue weighted by molar-refractivity contribution is 5.79. The fourth-order valence-electron chi connectivity index (χ4n) is 2.35. The van der Waals surface area contributed by atoms with E-state index in [-0.39, 0.29) is 6.10 Å². The van der Waals surface area contributed by atoms with Crippen LogP contribution >= 0.6 is 0 Å². The van der Waals surface area contributed by atoms with E-state index in [1.807, 2.05) is 32.0 Å². The quantitative estimate of drug-likeness (QED) is 0.542. The Kier molecular flexibility index (Phi) is 9.29. The number of nitrogens with zero attached hydrogens (tertiary/aromatic N) is 2. The van der Waals surface area contributed by atoms with Crippen molar-refractivity contribution in [2.24, 2.45) is 10.9 Å². The fraction of sp³-hybridized carbons (Fsp3) is 0.667. The molecule has 2 N–H and O–H groups in total. The van der Waals surface area contributed by atoms with E-state index in [1.54, 1.807) is 0 Å². The van der Waals surface area contributed by atoms with Crippen LogP contribution in [0.2, 0.25) is 0 Å². The second-order valence-corrected chi connectivity index (χ2v) is 5.92. The lowest BCUT2D eigenvalue weighted by Gasteiger charge is -2.21. The second kappa shape index (κ2) is 11.0. The van der Waals surface area contributed by atoms with Crippen LogP contribution in [0, 0.1) is 12.8 Å². The Morgan fingerprint density at radius 3 is 2.65 bits per heavy atom. The number of aliphatic imine (C=N–C) groups is 1. The largest absolute Gasteiger partial charge is 0.378 e. The molecule has 0 saturated heterocycles. The number of aromatic nitrogens is 1. The molecule has 0 spiro atoms. The molecule has 1 rings (SSSR count). The number of aryl methyl sites for hydroxylation is 1. The third-order valence-corrected chi connectivity index (χ3v) is 3.54. The average molecular weight is 320 g/mol. The molecular weight excluding hydrogens is 288 g/mol. The summed E-state index contributed by atoms with van der Waals surface area (Å²) in [5, 5.41) is 6.65. The molecule has 0 aliphatic heterocycles. The molecule has 0 aliphatic rings. The van der Waals surface area contributed by atoms with E-state index >= 15 is 0 Å². The maximum atomic E-state index is 5.78. The molecule has 1 aromatic heterocycles. The van der Waals surface area contributed by atoms with Gasteiger partial charge in [0, 0.05) is 25.4 Å². The van der Waals surface area contributed by atoms with Gasteiger partial charge in [-0.1, -0.05) is 19.9 Å². The van der Waals surface area contributed by atoms with Gasteiger partial charge in [0.05, 0.1) is 18.3 Å². The Labute approximate surface area is 141 Å². The van der Waals surface area contributed by atoms with Crippen LogP contribution in [-0.4, -0.2) is 36.7 Å². The zero-order valence-corrected chi connectivity index (χ0v) is 15.2. The van der Waals surface area contributed by atoms with Crippen molar-refractivity contribution >= 4 is 5.96 Å². The smallest absolute Gasteiger partial charge is 0.191 e. The fourth-order valence-corrected chi connectivity index (χ4v) is 2.35. The van der Waals surface area contributed by atoms with Crippen molar-refractivity contribution in [1.82, 2.24) is 15.6 Å². The van der Waals surface area contributed by atoms with Gasteiger partial charge >= 0.3 is 0 Å². The molecule has 5 heteroatoms. The van der Waals surface area contributed by atoms with Crippen molar-refractivity contribution in [1.29, 1.82) is 0 Å². The van der Waals surface area contributed by atoms with Gasteiger partial charge in [0.1, 0.15) is 0 Å². The minimum absolute atomic E-state index is 0.286. The number of hydrogen-bond acceptors (Lipinski definition) is 3. The predicted octanol–water partition coefficient (Wildman–Crippen LogP) is 2.90. The van der Waals surface area contributed by atoms with Crippen molar-refractivity contribution < 1.29 is 4.74 Å². The van der Waals surface area contributed by atoms with Gasteiger partial charge in [-0.2, -0.15) is 0 Å². The van der Waals surface area contributed by atoms with Crippen LogP contribution < -0.4 is 10.6 Å². The third-order valence-electron chi connectivity index (χ3n) is 3.54. The first-order valence-corrected chi connectivity index (χ1v) is 8.63. The standard InChI is InChI=1S/C18H32N4O/c1-6-19-18(20-12-11-17(14(3)4)23-7-2)21-13-16-10-8-9-15(5)22-16/h8-10,14,17H,6-7,11-13H2,1-5H3,(H2,19,20,21). The maximum Gasteiger partial charge on any atom is 0.191 e. The van der Waals surface area contributed by atoms with Gasteiger partial charge in [-0.15, -0.1) is 0 Å². The number of guanidine groups is 1. The highest BCUT2D eigenvalue weighted by Crippen LogP contribution is 2.09. The lowest BCUT2D eigenvalue weighted by atomic mass is 10.0. The highest BCUT2D eigenvalue weighted by Gasteiger charge is 2.12. The number of hydrogen-bond donors (Lipinski definition) is 2. The molecule has 0 aromatic carbocycles. The molecule has 0 fully saturated rings. The molecule has 0 saturated carbocycles. The SMILES string of the molecule is CCNC(=NCc1cccc(C)n1)NCCC(OCC)C(C)C. The Balaban J connectivity index is 2.52. The van der Waals surface area contributed by atoms with E-state index in [4.69, 9.17) is 4.74 Å². The molecule has 0 aliphatic carbocycles. The minimum atomic E-state index is 0.286. The number of nitrogens with one attached hydrogen (secondary N) is 2. The van der Waals surface area contributed by atoms with Crippen molar-refractivity contribution in [3.05, 3.63) is 29.6 Å². The summed E-state index contributed by atoms with van der Waals surface area (Å²) in [7, 11) is 0. The van der Waals surface area contributed by atoms with E-state index in [1.165, 1.54) is 0 Å². The summed E-state index contributed by atoms with van der Waals surface area (Å²) >= 11 is 0. The lowest BCUT2D eigenvalue weighted by molar-refractivity contribution is 0.0258. The maximum absolute atomic E-state index is 5.78. The summed E-state index contributed by atoms with van der Waals surface area (Å²) in [4.78, 5) is 9.08. The van der Waals surface area contributed by atoms with Crippen LogP contribution in [-0.2, 0) is 11.3 Å². The Morgan fingerprint density at radius 1 is 1.26 bits per heavy atom. The van der Waals surface area contributed by atoms with Crippen LogP contribution in [0.3, 0.4) is 0 Å². The van der Waals surface area contributed by atoms with Gasteiger partial charge in [0.25, 0.3) is 0 Å². The predicted molar refractivity (Wildman–Crippen MR) is 96.7 cm³/mol. The van der Waals surface area contributed by atoms with Gasteiger partial charge in [0.15, 0.2) is 5.96 Å². The molecule has 130 valence electrons. The van der Waals surface area contributed by atoms with Crippen LogP contribution in [0.15, 0.2) is 23.2 Å². The highest BCUT2D eigenvalue weighted by atomic mass is 16.5. The zero-order chi connectivity index (χ0) is 17.1. The van der Waals surface area contributed by atoms with Crippen LogP contribution in [0.4, 0.5) is 0 Å². The number of rotatable bonds is 9. The molecule has 1 unspecified atom stereocenters. The summed E-state index contributed by atoms with van der Waals surface area (Å²) in [6, 6.07) is 6.02. The van der Waals surface area contributed by atoms with Gasteiger partial charge in [-0.3, -0.25) is 4.98 Å². The molecule has 1 heterocycles. The van der Waals surface area contributed by atoms with E-state index in [0.29, 0.717) is 12.5 Å². The van der Waals surface area contributed by atoms with Crippen molar-refractivity contribution in [3.8, 4) is 0 Å². The molecular formula is C18H32N4O. The molecule has 1 atom stereocenters. The average Bonchev–Trinajstić information content (AvgIpc) is 2.51. The molecule has 0 bridgehead atoms. The normalized spacial score (nSPS) is 13.2. The van der Waals surface area contributed by atoms with Crippen LogP contribution in [0.1, 0.15) is 45.5 Å². The number of pyridine rings is 1. The van der Waals surface area contributed by atoms with E-state index in [2.05, 4.69) is 41.4 Å². The molecule has 23 heavy (non-hydrogen) atoms.